The van der Waals surface area contributed by atoms with Crippen LogP contribution in [0.4, 0.5) is 0 Å². The van der Waals surface area contributed by atoms with Gasteiger partial charge in [0.1, 0.15) is 0 Å². The van der Waals surface area contributed by atoms with E-state index in [1.165, 1.54) is 4.88 Å². The first-order chi connectivity index (χ1) is 8.78. The average Bonchev–Trinajstić information content (AvgIpc) is 3.03. The maximum absolute atomic E-state index is 5.76. The van der Waals surface area contributed by atoms with Crippen LogP contribution < -0.4 is 5.32 Å². The fourth-order valence-corrected chi connectivity index (χ4v) is 2.68. The Kier molecular flexibility index (Phi) is 4.49. The second-order valence-corrected chi connectivity index (χ2v) is 5.25. The Bertz CT molecular complexity index is 492. The smallest absolute Gasteiger partial charge is 0.257 e. The second kappa shape index (κ2) is 6.11. The second-order valence-electron chi connectivity index (χ2n) is 4.08. The Morgan fingerprint density at radius 2 is 2.11 bits per heavy atom. The summed E-state index contributed by atoms with van der Waals surface area (Å²) in [6.45, 7) is 7.23. The monoisotopic (exact) mass is 265 g/mol. The number of rotatable bonds is 6. The van der Waals surface area contributed by atoms with Crippen LogP contribution in [0.15, 0.2) is 16.5 Å². The van der Waals surface area contributed by atoms with E-state index in [2.05, 4.69) is 48.4 Å². The maximum Gasteiger partial charge on any atom is 0.257 e. The van der Waals surface area contributed by atoms with Crippen LogP contribution in [-0.2, 0) is 6.42 Å². The van der Waals surface area contributed by atoms with E-state index in [1.807, 2.05) is 0 Å². The van der Waals surface area contributed by atoms with Gasteiger partial charge in [0.15, 0.2) is 0 Å². The van der Waals surface area contributed by atoms with Crippen molar-refractivity contribution in [2.24, 2.45) is 0 Å². The van der Waals surface area contributed by atoms with Crippen molar-refractivity contribution in [1.82, 2.24) is 15.5 Å². The van der Waals surface area contributed by atoms with Gasteiger partial charge in [-0.2, -0.15) is 0 Å². The molecule has 4 nitrogen and oxygen atoms in total. The highest BCUT2D eigenvalue weighted by molar-refractivity contribution is 7.15. The standard InChI is InChI=1S/C13H19N3OS/c1-4-9-7-8-11(18-9)13-16-15-12(17-13)10(5-2)14-6-3/h7-8,10,14H,4-6H2,1-3H3. The van der Waals surface area contributed by atoms with E-state index in [0.717, 1.165) is 24.3 Å². The van der Waals surface area contributed by atoms with Crippen molar-refractivity contribution in [3.63, 3.8) is 0 Å². The number of nitrogens with one attached hydrogen (secondary N) is 1. The topological polar surface area (TPSA) is 51.0 Å². The van der Waals surface area contributed by atoms with Gasteiger partial charge in [0, 0.05) is 4.88 Å². The zero-order valence-electron chi connectivity index (χ0n) is 11.1. The molecule has 0 radical (unpaired) electrons. The van der Waals surface area contributed by atoms with Gasteiger partial charge in [-0.25, -0.2) is 0 Å². The molecule has 0 bridgehead atoms. The Hall–Kier alpha value is -1.20. The highest BCUT2D eigenvalue weighted by atomic mass is 32.1. The number of aryl methyl sites for hydroxylation is 1. The minimum absolute atomic E-state index is 0.154. The Labute approximate surface area is 111 Å². The lowest BCUT2D eigenvalue weighted by Gasteiger charge is -2.09. The number of aromatic nitrogens is 2. The van der Waals surface area contributed by atoms with Crippen LogP contribution >= 0.6 is 11.3 Å². The first-order valence-corrected chi connectivity index (χ1v) is 7.25. The van der Waals surface area contributed by atoms with Gasteiger partial charge < -0.3 is 9.73 Å². The highest BCUT2D eigenvalue weighted by Gasteiger charge is 2.17. The molecule has 2 rings (SSSR count). The number of thiophene rings is 1. The zero-order valence-corrected chi connectivity index (χ0v) is 11.9. The molecule has 5 heteroatoms. The maximum atomic E-state index is 5.76. The van der Waals surface area contributed by atoms with E-state index in [-0.39, 0.29) is 6.04 Å². The third-order valence-corrected chi connectivity index (χ3v) is 4.04. The Morgan fingerprint density at radius 1 is 1.28 bits per heavy atom. The molecule has 1 atom stereocenters. The van der Waals surface area contributed by atoms with Crippen molar-refractivity contribution in [3.05, 3.63) is 22.9 Å². The summed E-state index contributed by atoms with van der Waals surface area (Å²) in [5.41, 5.74) is 0. The molecular formula is C13H19N3OS. The van der Waals surface area contributed by atoms with Gasteiger partial charge in [-0.3, -0.25) is 0 Å². The van der Waals surface area contributed by atoms with E-state index in [0.29, 0.717) is 11.8 Å². The van der Waals surface area contributed by atoms with Gasteiger partial charge in [-0.1, -0.05) is 20.8 Å². The normalized spacial score (nSPS) is 12.8. The summed E-state index contributed by atoms with van der Waals surface area (Å²) in [6.07, 6.45) is 1.99. The van der Waals surface area contributed by atoms with Crippen LogP contribution in [0.2, 0.25) is 0 Å². The van der Waals surface area contributed by atoms with Crippen molar-refractivity contribution in [2.75, 3.05) is 6.54 Å². The number of nitrogens with zero attached hydrogens (tertiary/aromatic N) is 2. The van der Waals surface area contributed by atoms with E-state index in [4.69, 9.17) is 4.42 Å². The molecular weight excluding hydrogens is 246 g/mol. The quantitative estimate of drug-likeness (QED) is 0.869. The van der Waals surface area contributed by atoms with Crippen molar-refractivity contribution < 1.29 is 4.42 Å². The molecule has 0 aromatic carbocycles. The largest absolute Gasteiger partial charge is 0.418 e. The lowest BCUT2D eigenvalue weighted by atomic mass is 10.2. The molecule has 1 unspecified atom stereocenters. The van der Waals surface area contributed by atoms with Crippen molar-refractivity contribution >= 4 is 11.3 Å². The van der Waals surface area contributed by atoms with Crippen LogP contribution in [0.3, 0.4) is 0 Å². The molecule has 0 amide bonds. The van der Waals surface area contributed by atoms with Crippen LogP contribution in [0.5, 0.6) is 0 Å². The predicted octanol–water partition coefficient (Wildman–Crippen LogP) is 3.42. The van der Waals surface area contributed by atoms with E-state index < -0.39 is 0 Å². The van der Waals surface area contributed by atoms with Gasteiger partial charge in [-0.05, 0) is 31.5 Å². The molecule has 2 aromatic rings. The van der Waals surface area contributed by atoms with Crippen LogP contribution in [0.1, 0.15) is 44.0 Å². The lowest BCUT2D eigenvalue weighted by molar-refractivity contribution is 0.402. The molecule has 0 aliphatic heterocycles. The van der Waals surface area contributed by atoms with Gasteiger partial charge >= 0.3 is 0 Å². The van der Waals surface area contributed by atoms with Crippen LogP contribution in [0, 0.1) is 0 Å². The summed E-state index contributed by atoms with van der Waals surface area (Å²) >= 11 is 1.72. The zero-order chi connectivity index (χ0) is 13.0. The van der Waals surface area contributed by atoms with E-state index >= 15 is 0 Å². The number of hydrogen-bond donors (Lipinski definition) is 1. The summed E-state index contributed by atoms with van der Waals surface area (Å²) in [4.78, 5) is 2.39. The molecule has 0 aliphatic carbocycles. The lowest BCUT2D eigenvalue weighted by Crippen LogP contribution is -2.20. The Morgan fingerprint density at radius 3 is 2.72 bits per heavy atom. The molecule has 0 fully saturated rings. The van der Waals surface area contributed by atoms with Gasteiger partial charge in [-0.15, -0.1) is 21.5 Å². The Balaban J connectivity index is 2.18. The first kappa shape index (κ1) is 13.2. The summed E-state index contributed by atoms with van der Waals surface area (Å²) in [6, 6.07) is 4.32. The van der Waals surface area contributed by atoms with Gasteiger partial charge in [0.2, 0.25) is 5.89 Å². The van der Waals surface area contributed by atoms with Crippen molar-refractivity contribution in [3.8, 4) is 10.8 Å². The van der Waals surface area contributed by atoms with Crippen LogP contribution in [-0.4, -0.2) is 16.7 Å². The van der Waals surface area contributed by atoms with Gasteiger partial charge in [0.05, 0.1) is 10.9 Å². The molecule has 2 aromatic heterocycles. The summed E-state index contributed by atoms with van der Waals surface area (Å²) < 4.78 is 5.76. The highest BCUT2D eigenvalue weighted by Crippen LogP contribution is 2.28. The SMILES string of the molecule is CCNC(CC)c1nnc(-c2ccc(CC)s2)o1. The molecule has 1 N–H and O–H groups in total. The molecule has 2 heterocycles. The molecule has 0 spiro atoms. The van der Waals surface area contributed by atoms with E-state index in [1.54, 1.807) is 11.3 Å². The fourth-order valence-electron chi connectivity index (χ4n) is 1.81. The average molecular weight is 265 g/mol. The van der Waals surface area contributed by atoms with Crippen LogP contribution in [0.25, 0.3) is 10.8 Å². The summed E-state index contributed by atoms with van der Waals surface area (Å²) in [5, 5.41) is 11.6. The molecule has 0 saturated carbocycles. The summed E-state index contributed by atoms with van der Waals surface area (Å²) in [7, 11) is 0. The molecule has 98 valence electrons. The van der Waals surface area contributed by atoms with Crippen molar-refractivity contribution in [1.29, 1.82) is 0 Å². The molecule has 18 heavy (non-hydrogen) atoms. The summed E-state index contributed by atoms with van der Waals surface area (Å²) in [5.74, 6) is 1.31. The van der Waals surface area contributed by atoms with E-state index in [9.17, 15) is 0 Å². The molecule has 0 saturated heterocycles. The minimum Gasteiger partial charge on any atom is -0.418 e. The minimum atomic E-state index is 0.154. The number of hydrogen-bond acceptors (Lipinski definition) is 5. The third kappa shape index (κ3) is 2.79. The van der Waals surface area contributed by atoms with Crippen molar-refractivity contribution in [2.45, 2.75) is 39.7 Å². The third-order valence-electron chi connectivity index (χ3n) is 2.82. The fraction of sp³-hybridized carbons (Fsp3) is 0.538. The first-order valence-electron chi connectivity index (χ1n) is 6.44. The van der Waals surface area contributed by atoms with Gasteiger partial charge in [0.25, 0.3) is 5.89 Å². The molecule has 0 aliphatic rings. The predicted molar refractivity (Wildman–Crippen MR) is 73.7 cm³/mol.